The first-order valence-electron chi connectivity index (χ1n) is 8.70. The van der Waals surface area contributed by atoms with Gasteiger partial charge in [0.1, 0.15) is 0 Å². The Bertz CT molecular complexity index is 673. The first-order valence-corrected chi connectivity index (χ1v) is 12.9. The van der Waals surface area contributed by atoms with Crippen molar-refractivity contribution < 1.29 is 20.5 Å². The maximum atomic E-state index is 12.5. The highest BCUT2D eigenvalue weighted by Crippen LogP contribution is 2.38. The topological polar surface area (TPSA) is 92.8 Å². The van der Waals surface area contributed by atoms with Gasteiger partial charge in [0.25, 0.3) is 20.2 Å². The van der Waals surface area contributed by atoms with Crippen molar-refractivity contribution in [3.8, 4) is 0 Å². The fraction of sp³-hybridized carbons (Fsp3) is 1.00. The fourth-order valence-corrected chi connectivity index (χ4v) is 8.64. The molecule has 7 nitrogen and oxygen atoms in total. The van der Waals surface area contributed by atoms with E-state index in [1.165, 1.54) is 0 Å². The molecule has 2 saturated carbocycles. The van der Waals surface area contributed by atoms with E-state index in [4.69, 9.17) is 35.3 Å². The van der Waals surface area contributed by atoms with Crippen LogP contribution in [0, 0.1) is 0 Å². The lowest BCUT2D eigenvalue weighted by Crippen LogP contribution is -2.50. The van der Waals surface area contributed by atoms with E-state index in [2.05, 4.69) is 8.47 Å². The Hall–Kier alpha value is 0.650. The molecule has 0 aromatic heterocycles. The normalized spacial score (nSPS) is 23.8. The van der Waals surface area contributed by atoms with Crippen LogP contribution >= 0.6 is 35.3 Å². The second-order valence-corrected chi connectivity index (χ2v) is 11.8. The van der Waals surface area contributed by atoms with Crippen LogP contribution in [0.1, 0.15) is 64.2 Å². The third-order valence-corrected chi connectivity index (χ3v) is 9.83. The molecule has 0 heterocycles. The lowest BCUT2D eigenvalue weighted by molar-refractivity contribution is 0.224. The van der Waals surface area contributed by atoms with Crippen molar-refractivity contribution in [1.82, 2.24) is 8.77 Å². The van der Waals surface area contributed by atoms with Gasteiger partial charge in [0.2, 0.25) is 0 Å². The number of nitrogens with one attached hydrogen (secondary N) is 1. The summed E-state index contributed by atoms with van der Waals surface area (Å²) in [7, 11) is -8.75. The van der Waals surface area contributed by atoms with Crippen molar-refractivity contribution in [2.75, 3.05) is 11.5 Å². The lowest BCUT2D eigenvalue weighted by atomic mass is 9.84. The molecule has 1 N–H and O–H groups in total. The van der Waals surface area contributed by atoms with Gasteiger partial charge in [-0.25, -0.2) is 4.84 Å². The van der Waals surface area contributed by atoms with Crippen LogP contribution in [0.2, 0.25) is 0 Å². The number of nitrogens with zero attached hydrogens (tertiary/aromatic N) is 1. The molecule has 2 fully saturated rings. The third-order valence-electron chi connectivity index (χ3n) is 5.26. The van der Waals surface area contributed by atoms with Gasteiger partial charge in [0.15, 0.2) is 0 Å². The van der Waals surface area contributed by atoms with E-state index >= 15 is 0 Å². The van der Waals surface area contributed by atoms with Gasteiger partial charge in [-0.15, -0.1) is 7.57 Å². The maximum absolute atomic E-state index is 12.5. The summed E-state index contributed by atoms with van der Waals surface area (Å²) in [6.07, 6.45) is 7.09. The highest BCUT2D eigenvalue weighted by Gasteiger charge is 2.44. The average molecular weight is 472 g/mol. The van der Waals surface area contributed by atoms with E-state index in [0.29, 0.717) is 25.7 Å². The minimum atomic E-state index is -4.40. The smallest absolute Gasteiger partial charge is 0.226 e. The van der Waals surface area contributed by atoms with Gasteiger partial charge in [-0.3, -0.25) is 0 Å². The maximum Gasteiger partial charge on any atom is 0.283 e. The van der Waals surface area contributed by atoms with E-state index < -0.39 is 42.8 Å². The molecule has 2 aliphatic carbocycles. The molecule has 0 saturated heterocycles. The summed E-state index contributed by atoms with van der Waals surface area (Å²) in [4.78, 5) is 2.53. The summed E-state index contributed by atoms with van der Waals surface area (Å²) in [5, 5.41) is 0. The van der Waals surface area contributed by atoms with Crippen molar-refractivity contribution in [2.45, 2.75) is 75.3 Å². The van der Waals surface area contributed by atoms with Gasteiger partial charge in [0, 0.05) is 5.54 Å². The quantitative estimate of drug-likeness (QED) is 0.542. The van der Waals surface area contributed by atoms with Gasteiger partial charge in [0.05, 0.1) is 17.0 Å². The van der Waals surface area contributed by atoms with Gasteiger partial charge in [-0.1, -0.05) is 38.5 Å². The van der Waals surface area contributed by atoms with Crippen molar-refractivity contribution >= 4 is 55.6 Å². The Labute approximate surface area is 171 Å². The van der Waals surface area contributed by atoms with Crippen molar-refractivity contribution in [3.63, 3.8) is 0 Å². The molecule has 0 bridgehead atoms. The van der Waals surface area contributed by atoms with E-state index in [9.17, 15) is 16.8 Å². The molecule has 2 aliphatic rings. The molecule has 0 aromatic rings. The highest BCUT2D eigenvalue weighted by molar-refractivity contribution is 7.99. The molecule has 2 rings (SSSR count). The number of hydrogen-bond donors (Lipinski definition) is 1. The molecule has 154 valence electrons. The van der Waals surface area contributed by atoms with E-state index in [-0.39, 0.29) is 0 Å². The Morgan fingerprint density at radius 3 is 1.73 bits per heavy atom. The molecule has 0 amide bonds. The van der Waals surface area contributed by atoms with E-state index in [0.717, 1.165) is 42.5 Å². The second-order valence-electron chi connectivity index (χ2n) is 7.43. The molecular formula is C14H25Cl3N2O5S2. The molecule has 0 radical (unpaired) electrons. The van der Waals surface area contributed by atoms with Crippen molar-refractivity contribution in [1.29, 1.82) is 0 Å². The van der Waals surface area contributed by atoms with Crippen LogP contribution < -0.4 is 4.84 Å². The lowest BCUT2D eigenvalue weighted by Gasteiger charge is -2.38. The summed E-state index contributed by atoms with van der Waals surface area (Å²) in [6.45, 7) is 0. The number of halogens is 3. The van der Waals surface area contributed by atoms with Crippen molar-refractivity contribution in [3.05, 3.63) is 0 Å². The number of hydrogen-bond acceptors (Lipinski definition) is 7. The van der Waals surface area contributed by atoms with Crippen LogP contribution in [0.5, 0.6) is 0 Å². The minimum Gasteiger partial charge on any atom is -0.226 e. The summed E-state index contributed by atoms with van der Waals surface area (Å²) in [6, 6.07) is 0. The van der Waals surface area contributed by atoms with Crippen molar-refractivity contribution in [2.24, 2.45) is 0 Å². The molecule has 0 unspecified atom stereocenters. The Morgan fingerprint density at radius 2 is 1.27 bits per heavy atom. The Morgan fingerprint density at radius 1 is 0.808 bits per heavy atom. The van der Waals surface area contributed by atoms with Crippen LogP contribution in [0.15, 0.2) is 0 Å². The summed E-state index contributed by atoms with van der Waals surface area (Å²) in [5.74, 6) is -1.07. The predicted octanol–water partition coefficient (Wildman–Crippen LogP) is 3.42. The monoisotopic (exact) mass is 470 g/mol. The van der Waals surface area contributed by atoms with Gasteiger partial charge < -0.3 is 0 Å². The van der Waals surface area contributed by atoms with Gasteiger partial charge >= 0.3 is 0 Å². The Balaban J connectivity index is 2.11. The first kappa shape index (κ1) is 22.9. The molecule has 0 atom stereocenters. The predicted molar refractivity (Wildman–Crippen MR) is 103 cm³/mol. The number of rotatable bonds is 8. The molecule has 0 aliphatic heterocycles. The highest BCUT2D eigenvalue weighted by atomic mass is 35.5. The first-order chi connectivity index (χ1) is 12.0. The van der Waals surface area contributed by atoms with Crippen LogP contribution in [-0.2, 0) is 23.9 Å². The molecule has 0 spiro atoms. The van der Waals surface area contributed by atoms with Gasteiger partial charge in [-0.2, -0.15) is 16.8 Å². The molecule has 12 heteroatoms. The molecule has 26 heavy (non-hydrogen) atoms. The third kappa shape index (κ3) is 6.07. The summed E-state index contributed by atoms with van der Waals surface area (Å²) >= 11 is 17.6. The van der Waals surface area contributed by atoms with Crippen LogP contribution in [-0.4, -0.2) is 43.4 Å². The van der Waals surface area contributed by atoms with E-state index in [1.807, 2.05) is 0 Å². The largest absolute Gasteiger partial charge is 0.283 e. The van der Waals surface area contributed by atoms with Crippen LogP contribution in [0.4, 0.5) is 0 Å². The van der Waals surface area contributed by atoms with Gasteiger partial charge in [-0.05, 0) is 61.0 Å². The second kappa shape index (κ2) is 8.98. The summed E-state index contributed by atoms with van der Waals surface area (Å²) < 4.78 is 55.2. The zero-order valence-electron chi connectivity index (χ0n) is 14.4. The SMILES string of the molecule is O=S(=O)(CC1(NCl)CCCCC1)OS(=O)(=O)CC1(N(Cl)Cl)CCCCC1. The standard InChI is InChI=1S/C14H25Cl3N2O5S2/c15-18-13(7-3-1-4-8-13)11-25(20,21)24-26(22,23)12-14(19(16)17)9-5-2-6-10-14/h18H,1-12H2. The zero-order valence-corrected chi connectivity index (χ0v) is 18.3. The van der Waals surface area contributed by atoms with E-state index in [1.54, 1.807) is 0 Å². The minimum absolute atomic E-state index is 0.454. The molecule has 0 aromatic carbocycles. The zero-order chi connectivity index (χ0) is 19.5. The summed E-state index contributed by atoms with van der Waals surface area (Å²) in [5.41, 5.74) is -1.91. The van der Waals surface area contributed by atoms with Crippen LogP contribution in [0.25, 0.3) is 0 Å². The molecular weight excluding hydrogens is 447 g/mol. The Kier molecular flexibility index (Phi) is 7.93. The fourth-order valence-electron chi connectivity index (χ4n) is 3.94. The van der Waals surface area contributed by atoms with Crippen LogP contribution in [0.3, 0.4) is 0 Å². The average Bonchev–Trinajstić information content (AvgIpc) is 2.54.